The van der Waals surface area contributed by atoms with Crippen molar-refractivity contribution in [1.29, 1.82) is 0 Å². The van der Waals surface area contributed by atoms with Gasteiger partial charge in [0.05, 0.1) is 16.9 Å². The summed E-state index contributed by atoms with van der Waals surface area (Å²) in [6.07, 6.45) is 0. The third-order valence-corrected chi connectivity index (χ3v) is 19.1. The van der Waals surface area contributed by atoms with Gasteiger partial charge in [0.2, 0.25) is 0 Å². The van der Waals surface area contributed by atoms with Gasteiger partial charge in [-0.15, -0.1) is 0 Å². The van der Waals surface area contributed by atoms with Gasteiger partial charge in [0.25, 0.3) is 0 Å². The summed E-state index contributed by atoms with van der Waals surface area (Å²) >= 11 is 0. The molecule has 2 nitrogen and oxygen atoms in total. The van der Waals surface area contributed by atoms with Crippen LogP contribution in [0.15, 0.2) is 0 Å². The molecule has 0 aliphatic carbocycles. The van der Waals surface area contributed by atoms with Crippen LogP contribution in [0.4, 0.5) is 0 Å². The Bertz CT molecular complexity index is 337. The molecule has 0 heterocycles. The molecule has 0 amide bonds. The van der Waals surface area contributed by atoms with Crippen LogP contribution < -0.4 is 0 Å². The van der Waals surface area contributed by atoms with Crippen LogP contribution >= 0.6 is 0 Å². The lowest BCUT2D eigenvalue weighted by molar-refractivity contribution is 0.598. The van der Waals surface area contributed by atoms with E-state index in [1.54, 1.807) is 0 Å². The Hall–Kier alpha value is 0.601. The summed E-state index contributed by atoms with van der Waals surface area (Å²) in [6.45, 7) is 17.6. The SMILES string of the molecule is C[Si](C)C([Si](C)(C)C)S(=O)(=O)CC[Si](C)(C)C. The monoisotopic (exact) mass is 309 g/mol. The van der Waals surface area contributed by atoms with Crippen LogP contribution in [0.5, 0.6) is 0 Å². The normalized spacial score (nSPS) is 16.3. The largest absolute Gasteiger partial charge is 0.229 e. The first-order valence-corrected chi connectivity index (χ1v) is 17.9. The second-order valence-electron chi connectivity index (χ2n) is 7.50. The van der Waals surface area contributed by atoms with Crippen molar-refractivity contribution in [3.8, 4) is 0 Å². The molecule has 0 aliphatic heterocycles. The smallest absolute Gasteiger partial charge is 0.147 e. The number of rotatable bonds is 6. The van der Waals surface area contributed by atoms with Crippen molar-refractivity contribution in [2.24, 2.45) is 0 Å². The van der Waals surface area contributed by atoms with Gasteiger partial charge in [-0.3, -0.25) is 0 Å². The average Bonchev–Trinajstić information content (AvgIpc) is 1.94. The molecule has 0 saturated carbocycles. The van der Waals surface area contributed by atoms with Crippen molar-refractivity contribution >= 4 is 34.8 Å². The van der Waals surface area contributed by atoms with E-state index in [4.69, 9.17) is 0 Å². The molecule has 0 aromatic heterocycles. The first-order chi connectivity index (χ1) is 7.27. The standard InChI is InChI=1S/C11H29O2SSi3/c1-15(2)11(17(6,7)8)14(12,13)9-10-16(3,4)5/h11H,9-10H2,1-8H3. The van der Waals surface area contributed by atoms with Crippen molar-refractivity contribution < 1.29 is 8.42 Å². The second-order valence-corrected chi connectivity index (χ2v) is 24.8. The second kappa shape index (κ2) is 5.71. The van der Waals surface area contributed by atoms with Gasteiger partial charge in [0.15, 0.2) is 0 Å². The molecule has 1 atom stereocenters. The van der Waals surface area contributed by atoms with E-state index in [-0.39, 0.29) is 4.50 Å². The highest BCUT2D eigenvalue weighted by molar-refractivity contribution is 7.95. The minimum atomic E-state index is -2.87. The van der Waals surface area contributed by atoms with E-state index in [1.807, 2.05) is 0 Å². The predicted octanol–water partition coefficient (Wildman–Crippen LogP) is 3.28. The fourth-order valence-electron chi connectivity index (χ4n) is 2.33. The molecule has 0 saturated heterocycles. The number of sulfone groups is 1. The zero-order valence-corrected chi connectivity index (χ0v) is 16.5. The van der Waals surface area contributed by atoms with Crippen molar-refractivity contribution in [2.75, 3.05) is 5.75 Å². The highest BCUT2D eigenvalue weighted by atomic mass is 32.2. The first-order valence-electron chi connectivity index (χ1n) is 6.29. The van der Waals surface area contributed by atoms with E-state index in [1.165, 1.54) is 0 Å². The van der Waals surface area contributed by atoms with Crippen LogP contribution in [-0.4, -0.2) is 43.6 Å². The number of hydrogen-bond acceptors (Lipinski definition) is 2. The minimum absolute atomic E-state index is 0.0105. The molecule has 0 fully saturated rings. The minimum Gasteiger partial charge on any atom is -0.229 e. The van der Waals surface area contributed by atoms with E-state index in [9.17, 15) is 8.42 Å². The Morgan fingerprint density at radius 3 is 1.65 bits per heavy atom. The van der Waals surface area contributed by atoms with Crippen molar-refractivity contribution in [3.63, 3.8) is 0 Å². The number of hydrogen-bond donors (Lipinski definition) is 0. The Kier molecular flexibility index (Phi) is 5.91. The molecule has 0 bridgehead atoms. The summed E-state index contributed by atoms with van der Waals surface area (Å²) in [5.74, 6) is 0.424. The van der Waals surface area contributed by atoms with E-state index in [0.717, 1.165) is 6.04 Å². The molecule has 17 heavy (non-hydrogen) atoms. The summed E-state index contributed by atoms with van der Waals surface area (Å²) in [4.78, 5) is 0. The third kappa shape index (κ3) is 6.35. The van der Waals surface area contributed by atoms with Crippen LogP contribution in [0, 0.1) is 0 Å². The van der Waals surface area contributed by atoms with Gasteiger partial charge in [0, 0.05) is 18.3 Å². The zero-order valence-electron chi connectivity index (χ0n) is 12.7. The lowest BCUT2D eigenvalue weighted by Crippen LogP contribution is -2.53. The van der Waals surface area contributed by atoms with Gasteiger partial charge in [-0.25, -0.2) is 8.42 Å². The quantitative estimate of drug-likeness (QED) is 0.706. The average molecular weight is 310 g/mol. The van der Waals surface area contributed by atoms with Gasteiger partial charge < -0.3 is 0 Å². The molecule has 0 aromatic carbocycles. The fraction of sp³-hybridized carbons (Fsp3) is 1.00. The van der Waals surface area contributed by atoms with Gasteiger partial charge >= 0.3 is 0 Å². The molecule has 1 unspecified atom stereocenters. The molecule has 6 heteroatoms. The van der Waals surface area contributed by atoms with Crippen LogP contribution in [-0.2, 0) is 9.84 Å². The van der Waals surface area contributed by atoms with E-state index < -0.39 is 34.8 Å². The molecule has 103 valence electrons. The molecule has 0 rings (SSSR count). The van der Waals surface area contributed by atoms with E-state index in [0.29, 0.717) is 5.75 Å². The predicted molar refractivity (Wildman–Crippen MR) is 86.6 cm³/mol. The van der Waals surface area contributed by atoms with Crippen molar-refractivity contribution in [1.82, 2.24) is 0 Å². The molecule has 0 aliphatic rings. The van der Waals surface area contributed by atoms with Gasteiger partial charge in [-0.05, 0) is 6.04 Å². The third-order valence-electron chi connectivity index (χ3n) is 2.81. The van der Waals surface area contributed by atoms with Crippen LogP contribution in [0.1, 0.15) is 0 Å². The molecular formula is C11H29O2SSi3. The highest BCUT2D eigenvalue weighted by Gasteiger charge is 2.40. The first kappa shape index (κ1) is 17.6. The Balaban J connectivity index is 5.01. The van der Waals surface area contributed by atoms with E-state index >= 15 is 0 Å². The summed E-state index contributed by atoms with van der Waals surface area (Å²) in [5, 5.41) is 0. The Morgan fingerprint density at radius 2 is 1.41 bits per heavy atom. The maximum atomic E-state index is 12.5. The Morgan fingerprint density at radius 1 is 1.00 bits per heavy atom. The van der Waals surface area contributed by atoms with Crippen LogP contribution in [0.25, 0.3) is 0 Å². The summed E-state index contributed by atoms with van der Waals surface area (Å²) < 4.78 is 25.1. The lowest BCUT2D eigenvalue weighted by Gasteiger charge is -2.32. The van der Waals surface area contributed by atoms with Crippen molar-refractivity contribution in [3.05, 3.63) is 0 Å². The molecule has 0 spiro atoms. The van der Waals surface area contributed by atoms with E-state index in [2.05, 4.69) is 52.4 Å². The molecule has 0 aromatic rings. The zero-order chi connectivity index (χ0) is 14.1. The van der Waals surface area contributed by atoms with Crippen LogP contribution in [0.2, 0.25) is 58.4 Å². The summed E-state index contributed by atoms with van der Waals surface area (Å²) in [7, 11) is -6.50. The molecular weight excluding hydrogens is 280 g/mol. The summed E-state index contributed by atoms with van der Waals surface area (Å²) in [5.41, 5.74) is 0. The van der Waals surface area contributed by atoms with Crippen molar-refractivity contribution in [2.45, 2.75) is 62.9 Å². The Labute approximate surface area is 112 Å². The fourth-order valence-corrected chi connectivity index (χ4v) is 21.0. The lowest BCUT2D eigenvalue weighted by atomic mass is 11.0. The van der Waals surface area contributed by atoms with Gasteiger partial charge in [-0.2, -0.15) is 0 Å². The topological polar surface area (TPSA) is 34.1 Å². The highest BCUT2D eigenvalue weighted by Crippen LogP contribution is 2.22. The summed E-state index contributed by atoms with van der Waals surface area (Å²) in [6, 6.07) is 0.908. The van der Waals surface area contributed by atoms with Gasteiger partial charge in [-0.1, -0.05) is 52.4 Å². The molecule has 1 radical (unpaired) electrons. The maximum absolute atomic E-state index is 12.5. The maximum Gasteiger partial charge on any atom is 0.147 e. The van der Waals surface area contributed by atoms with Gasteiger partial charge in [0.1, 0.15) is 9.84 Å². The van der Waals surface area contributed by atoms with Crippen LogP contribution in [0.3, 0.4) is 0 Å². The molecule has 0 N–H and O–H groups in total.